The summed E-state index contributed by atoms with van der Waals surface area (Å²) >= 11 is 3.00. The van der Waals surface area contributed by atoms with Gasteiger partial charge in [0.25, 0.3) is 5.91 Å². The standard InChI is InChI=1S/C20H24N2O5S3/c1-3-22(16-8-9-30(25,26)12-16)19(23)14(2)27-20(24)17-6-4-5-7-18(17)29-11-15-10-28-13-21-15/h4-7,10,13-14,16H,3,8-9,11-12H2,1-2H3/t14-,16-/m1/s1. The van der Waals surface area contributed by atoms with Crippen molar-refractivity contribution in [1.82, 2.24) is 9.88 Å². The first-order valence-corrected chi connectivity index (χ1v) is 13.4. The van der Waals surface area contributed by atoms with Gasteiger partial charge in [-0.15, -0.1) is 23.1 Å². The lowest BCUT2D eigenvalue weighted by molar-refractivity contribution is -0.141. The van der Waals surface area contributed by atoms with Gasteiger partial charge in [0, 0.05) is 28.6 Å². The Morgan fingerprint density at radius 1 is 1.37 bits per heavy atom. The molecule has 0 N–H and O–H groups in total. The number of carbonyl (C=O) groups is 2. The van der Waals surface area contributed by atoms with Gasteiger partial charge in [-0.2, -0.15) is 0 Å². The van der Waals surface area contributed by atoms with Gasteiger partial charge in [0.15, 0.2) is 15.9 Å². The van der Waals surface area contributed by atoms with Gasteiger partial charge in [-0.25, -0.2) is 18.2 Å². The van der Waals surface area contributed by atoms with Crippen LogP contribution >= 0.6 is 23.1 Å². The minimum atomic E-state index is -3.12. The van der Waals surface area contributed by atoms with E-state index in [1.54, 1.807) is 24.6 Å². The van der Waals surface area contributed by atoms with Crippen molar-refractivity contribution in [3.8, 4) is 0 Å². The third-order valence-corrected chi connectivity index (χ3v) is 8.36. The highest BCUT2D eigenvalue weighted by Crippen LogP contribution is 2.27. The predicted molar refractivity (Wildman–Crippen MR) is 117 cm³/mol. The number of nitrogens with zero attached hydrogens (tertiary/aromatic N) is 2. The van der Waals surface area contributed by atoms with Crippen LogP contribution in [0.5, 0.6) is 0 Å². The first-order valence-electron chi connectivity index (χ1n) is 9.61. The maximum Gasteiger partial charge on any atom is 0.340 e. The number of rotatable bonds is 8. The summed E-state index contributed by atoms with van der Waals surface area (Å²) in [7, 11) is -3.12. The number of aromatic nitrogens is 1. The molecule has 30 heavy (non-hydrogen) atoms. The molecule has 10 heteroatoms. The van der Waals surface area contributed by atoms with Crippen molar-refractivity contribution in [3.63, 3.8) is 0 Å². The van der Waals surface area contributed by atoms with Crippen LogP contribution in [0.3, 0.4) is 0 Å². The number of benzene rings is 1. The highest BCUT2D eigenvalue weighted by Gasteiger charge is 2.36. The van der Waals surface area contributed by atoms with Crippen molar-refractivity contribution in [3.05, 3.63) is 46.4 Å². The topological polar surface area (TPSA) is 93.6 Å². The van der Waals surface area contributed by atoms with Gasteiger partial charge in [0.05, 0.1) is 28.3 Å². The SMILES string of the molecule is CCN(C(=O)[C@@H](C)OC(=O)c1ccccc1SCc1cscn1)[C@@H]1CCS(=O)(=O)C1. The van der Waals surface area contributed by atoms with E-state index in [0.717, 1.165) is 10.6 Å². The summed E-state index contributed by atoms with van der Waals surface area (Å²) in [5.74, 6) is -0.280. The number of esters is 1. The molecular formula is C20H24N2O5S3. The molecule has 0 unspecified atom stereocenters. The monoisotopic (exact) mass is 468 g/mol. The van der Waals surface area contributed by atoms with Gasteiger partial charge < -0.3 is 9.64 Å². The average molecular weight is 469 g/mol. The molecule has 1 amide bonds. The highest BCUT2D eigenvalue weighted by atomic mass is 32.2. The Morgan fingerprint density at radius 2 is 2.13 bits per heavy atom. The fourth-order valence-electron chi connectivity index (χ4n) is 3.34. The van der Waals surface area contributed by atoms with Crippen LogP contribution in [-0.4, -0.2) is 60.4 Å². The van der Waals surface area contributed by atoms with Crippen molar-refractivity contribution in [2.75, 3.05) is 18.1 Å². The zero-order chi connectivity index (χ0) is 21.7. The van der Waals surface area contributed by atoms with E-state index in [-0.39, 0.29) is 23.5 Å². The Bertz CT molecular complexity index is 992. The van der Waals surface area contributed by atoms with Crippen LogP contribution in [0.2, 0.25) is 0 Å². The Hall–Kier alpha value is -1.91. The number of thiazole rings is 1. The lowest BCUT2D eigenvalue weighted by Crippen LogP contribution is -2.46. The van der Waals surface area contributed by atoms with Crippen LogP contribution in [0.15, 0.2) is 40.1 Å². The smallest absolute Gasteiger partial charge is 0.340 e. The van der Waals surface area contributed by atoms with E-state index >= 15 is 0 Å². The third-order valence-electron chi connectivity index (χ3n) is 4.87. The number of hydrogen-bond acceptors (Lipinski definition) is 8. The molecule has 0 aliphatic carbocycles. The molecule has 2 atom stereocenters. The minimum Gasteiger partial charge on any atom is -0.449 e. The largest absolute Gasteiger partial charge is 0.449 e. The maximum absolute atomic E-state index is 12.8. The normalized spacial score (nSPS) is 18.7. The molecule has 0 saturated carbocycles. The zero-order valence-corrected chi connectivity index (χ0v) is 19.3. The number of hydrogen-bond donors (Lipinski definition) is 0. The minimum absolute atomic E-state index is 0.0384. The van der Waals surface area contributed by atoms with Crippen LogP contribution in [0, 0.1) is 0 Å². The second-order valence-corrected chi connectivity index (χ2v) is 11.0. The molecular weight excluding hydrogens is 444 g/mol. The molecule has 1 saturated heterocycles. The summed E-state index contributed by atoms with van der Waals surface area (Å²) in [4.78, 5) is 32.1. The van der Waals surface area contributed by atoms with Gasteiger partial charge in [-0.3, -0.25) is 4.79 Å². The van der Waals surface area contributed by atoms with E-state index in [0.29, 0.717) is 24.3 Å². The van der Waals surface area contributed by atoms with Crippen molar-refractivity contribution in [2.45, 2.75) is 43.1 Å². The van der Waals surface area contributed by atoms with Crippen molar-refractivity contribution < 1.29 is 22.7 Å². The van der Waals surface area contributed by atoms with Crippen molar-refractivity contribution in [1.29, 1.82) is 0 Å². The lowest BCUT2D eigenvalue weighted by atomic mass is 10.2. The van der Waals surface area contributed by atoms with E-state index in [2.05, 4.69) is 4.98 Å². The molecule has 0 radical (unpaired) electrons. The lowest BCUT2D eigenvalue weighted by Gasteiger charge is -2.29. The quantitative estimate of drug-likeness (QED) is 0.434. The van der Waals surface area contributed by atoms with E-state index in [9.17, 15) is 18.0 Å². The molecule has 1 aliphatic rings. The van der Waals surface area contributed by atoms with Gasteiger partial charge in [-0.1, -0.05) is 12.1 Å². The molecule has 1 aliphatic heterocycles. The molecule has 2 aromatic rings. The second-order valence-electron chi connectivity index (χ2n) is 6.99. The maximum atomic E-state index is 12.8. The molecule has 0 bridgehead atoms. The fraction of sp³-hybridized carbons (Fsp3) is 0.450. The van der Waals surface area contributed by atoms with Crippen LogP contribution < -0.4 is 0 Å². The van der Waals surface area contributed by atoms with E-state index in [1.807, 2.05) is 17.5 Å². The average Bonchev–Trinajstić information content (AvgIpc) is 3.36. The van der Waals surface area contributed by atoms with E-state index < -0.39 is 21.9 Å². The van der Waals surface area contributed by atoms with Crippen LogP contribution in [0.1, 0.15) is 36.3 Å². The summed E-state index contributed by atoms with van der Waals surface area (Å²) in [5, 5.41) is 1.96. The third kappa shape index (κ3) is 5.61. The summed E-state index contributed by atoms with van der Waals surface area (Å²) in [6.45, 7) is 3.68. The van der Waals surface area contributed by atoms with Crippen LogP contribution in [0.4, 0.5) is 0 Å². The molecule has 1 fully saturated rings. The number of sulfone groups is 1. The number of carbonyl (C=O) groups excluding carboxylic acids is 2. The first kappa shape index (κ1) is 22.8. The summed E-state index contributed by atoms with van der Waals surface area (Å²) in [6, 6.07) is 6.73. The van der Waals surface area contributed by atoms with Crippen LogP contribution in [0.25, 0.3) is 0 Å². The molecule has 1 aromatic carbocycles. The Labute approximate surface area is 184 Å². The van der Waals surface area contributed by atoms with Crippen LogP contribution in [-0.2, 0) is 25.1 Å². The molecule has 7 nitrogen and oxygen atoms in total. The molecule has 2 heterocycles. The summed E-state index contributed by atoms with van der Waals surface area (Å²) in [6.07, 6.45) is -0.587. The molecule has 3 rings (SSSR count). The summed E-state index contributed by atoms with van der Waals surface area (Å²) in [5.41, 5.74) is 3.09. The molecule has 1 aromatic heterocycles. The van der Waals surface area contributed by atoms with E-state index in [4.69, 9.17) is 4.74 Å². The van der Waals surface area contributed by atoms with Crippen molar-refractivity contribution >= 4 is 44.8 Å². The Morgan fingerprint density at radius 3 is 2.77 bits per heavy atom. The van der Waals surface area contributed by atoms with Gasteiger partial charge >= 0.3 is 5.97 Å². The second kappa shape index (κ2) is 9.93. The van der Waals surface area contributed by atoms with Gasteiger partial charge in [-0.05, 0) is 32.4 Å². The summed E-state index contributed by atoms with van der Waals surface area (Å²) < 4.78 is 29.0. The van der Waals surface area contributed by atoms with Gasteiger partial charge in [0.1, 0.15) is 0 Å². The van der Waals surface area contributed by atoms with E-state index in [1.165, 1.54) is 34.9 Å². The number of thioether (sulfide) groups is 1. The van der Waals surface area contributed by atoms with Crippen molar-refractivity contribution in [2.24, 2.45) is 0 Å². The Balaban J connectivity index is 1.65. The molecule has 0 spiro atoms. The molecule has 162 valence electrons. The Kier molecular flexibility index (Phi) is 7.54. The highest BCUT2D eigenvalue weighted by molar-refractivity contribution is 7.98. The first-order chi connectivity index (χ1) is 14.3. The number of likely N-dealkylation sites (N-methyl/N-ethyl adjacent to an activating group) is 1. The fourth-order valence-corrected chi connectivity index (χ4v) is 6.68. The van der Waals surface area contributed by atoms with Gasteiger partial charge in [0.2, 0.25) is 0 Å². The predicted octanol–water partition coefficient (Wildman–Crippen LogP) is 3.02. The number of amides is 1. The zero-order valence-electron chi connectivity index (χ0n) is 16.8. The number of ether oxygens (including phenoxy) is 1.